The normalized spacial score (nSPS) is 19.0. The predicted molar refractivity (Wildman–Crippen MR) is 117 cm³/mol. The first-order valence-electron chi connectivity index (χ1n) is 11.0. The maximum atomic E-state index is 14.7. The number of aliphatic hydroxyl groups is 2. The Balaban J connectivity index is 1.87. The van der Waals surface area contributed by atoms with Gasteiger partial charge < -0.3 is 20.4 Å². The Kier molecular flexibility index (Phi) is 7.24. The first kappa shape index (κ1) is 28.2. The van der Waals surface area contributed by atoms with Crippen molar-refractivity contribution in [3.05, 3.63) is 58.0 Å². The zero-order valence-corrected chi connectivity index (χ0v) is 19.3. The lowest BCUT2D eigenvalue weighted by Crippen LogP contribution is -2.48. The van der Waals surface area contributed by atoms with Crippen LogP contribution in [-0.2, 0) is 0 Å². The molecule has 1 fully saturated rings. The van der Waals surface area contributed by atoms with Gasteiger partial charge in [-0.15, -0.1) is 0 Å². The molecule has 9 nitrogen and oxygen atoms in total. The van der Waals surface area contributed by atoms with Gasteiger partial charge in [0.15, 0.2) is 17.3 Å². The SMILES string of the molecule is O=C(NC(CC(F)(F)F)C(F)(F)F)c1cn(-c2ncc(F)cc2F)c2nc(N3C[C@@H](O)[C@H](O)C3)ccc2c1=O. The van der Waals surface area contributed by atoms with Gasteiger partial charge in [-0.3, -0.25) is 14.2 Å². The van der Waals surface area contributed by atoms with Crippen molar-refractivity contribution in [2.45, 2.75) is 37.0 Å². The van der Waals surface area contributed by atoms with E-state index in [4.69, 9.17) is 0 Å². The van der Waals surface area contributed by atoms with Crippen LogP contribution in [0.3, 0.4) is 0 Å². The molecule has 4 heterocycles. The number of halogens is 8. The van der Waals surface area contributed by atoms with Crippen molar-refractivity contribution in [1.29, 1.82) is 0 Å². The van der Waals surface area contributed by atoms with Gasteiger partial charge in [-0.1, -0.05) is 0 Å². The van der Waals surface area contributed by atoms with E-state index in [-0.39, 0.29) is 18.9 Å². The third-order valence-corrected chi connectivity index (χ3v) is 5.82. The number of rotatable bonds is 5. The molecule has 4 rings (SSSR count). The third-order valence-electron chi connectivity index (χ3n) is 5.82. The van der Waals surface area contributed by atoms with E-state index in [1.807, 2.05) is 0 Å². The zero-order valence-electron chi connectivity index (χ0n) is 19.3. The van der Waals surface area contributed by atoms with Crippen LogP contribution < -0.4 is 15.6 Å². The van der Waals surface area contributed by atoms with Crippen molar-refractivity contribution in [2.75, 3.05) is 18.0 Å². The number of alkyl halides is 6. The molecule has 17 heteroatoms. The average Bonchev–Trinajstić information content (AvgIpc) is 3.16. The van der Waals surface area contributed by atoms with Crippen LogP contribution in [0.2, 0.25) is 0 Å². The summed E-state index contributed by atoms with van der Waals surface area (Å²) in [5, 5.41) is 20.3. The summed E-state index contributed by atoms with van der Waals surface area (Å²) in [4.78, 5) is 34.9. The van der Waals surface area contributed by atoms with Crippen LogP contribution in [0, 0.1) is 11.6 Å². The molecule has 1 unspecified atom stereocenters. The fourth-order valence-corrected chi connectivity index (χ4v) is 3.95. The lowest BCUT2D eigenvalue weighted by Gasteiger charge is -2.23. The topological polar surface area (TPSA) is 121 Å². The van der Waals surface area contributed by atoms with Gasteiger partial charge in [0.25, 0.3) is 5.91 Å². The Labute approximate surface area is 212 Å². The van der Waals surface area contributed by atoms with Gasteiger partial charge in [-0.25, -0.2) is 18.7 Å². The number of hydrogen-bond donors (Lipinski definition) is 3. The van der Waals surface area contributed by atoms with Gasteiger partial charge in [-0.2, -0.15) is 26.3 Å². The number of fused-ring (bicyclic) bond motifs is 1. The number of aliphatic hydroxyl groups excluding tert-OH is 2. The van der Waals surface area contributed by atoms with Crippen LogP contribution >= 0.6 is 0 Å². The molecular formula is C22H17F8N5O4. The Morgan fingerprint density at radius 2 is 1.74 bits per heavy atom. The van der Waals surface area contributed by atoms with E-state index >= 15 is 0 Å². The summed E-state index contributed by atoms with van der Waals surface area (Å²) >= 11 is 0. The van der Waals surface area contributed by atoms with Crippen molar-refractivity contribution in [3.63, 3.8) is 0 Å². The number of β-amino-alcohol motifs (C(OH)–C–C–N with tert-alkyl or cyclic N) is 2. The monoisotopic (exact) mass is 567 g/mol. The molecule has 1 amide bonds. The fourth-order valence-electron chi connectivity index (χ4n) is 3.95. The second kappa shape index (κ2) is 10.0. The Morgan fingerprint density at radius 3 is 2.31 bits per heavy atom. The summed E-state index contributed by atoms with van der Waals surface area (Å²) in [6.45, 7) is -0.183. The number of amides is 1. The average molecular weight is 567 g/mol. The molecule has 1 saturated heterocycles. The highest BCUT2D eigenvalue weighted by molar-refractivity contribution is 5.97. The van der Waals surface area contributed by atoms with Gasteiger partial charge in [0.05, 0.1) is 30.2 Å². The maximum Gasteiger partial charge on any atom is 0.408 e. The molecule has 210 valence electrons. The molecule has 1 aliphatic rings. The molecule has 3 aromatic rings. The van der Waals surface area contributed by atoms with Gasteiger partial charge in [0.2, 0.25) is 5.43 Å². The number of aromatic nitrogens is 3. The van der Waals surface area contributed by atoms with Gasteiger partial charge >= 0.3 is 12.4 Å². The van der Waals surface area contributed by atoms with Crippen LogP contribution in [0.4, 0.5) is 40.9 Å². The molecule has 0 saturated carbocycles. The molecule has 3 N–H and O–H groups in total. The quantitative estimate of drug-likeness (QED) is 0.405. The predicted octanol–water partition coefficient (Wildman–Crippen LogP) is 2.21. The van der Waals surface area contributed by atoms with E-state index < -0.39 is 82.4 Å². The summed E-state index contributed by atoms with van der Waals surface area (Å²) in [6.07, 6.45) is -14.5. The smallest absolute Gasteiger partial charge is 0.389 e. The van der Waals surface area contributed by atoms with Crippen LogP contribution in [0.25, 0.3) is 16.9 Å². The van der Waals surface area contributed by atoms with Crippen molar-refractivity contribution in [1.82, 2.24) is 19.9 Å². The summed E-state index contributed by atoms with van der Waals surface area (Å²) in [5.41, 5.74) is -2.77. The fraction of sp³-hybridized carbons (Fsp3) is 0.364. The number of nitrogens with zero attached hydrogens (tertiary/aromatic N) is 4. The van der Waals surface area contributed by atoms with Gasteiger partial charge in [0, 0.05) is 25.4 Å². The van der Waals surface area contributed by atoms with Crippen LogP contribution in [0.5, 0.6) is 0 Å². The number of carbonyl (C=O) groups is 1. The van der Waals surface area contributed by atoms with Gasteiger partial charge in [0.1, 0.15) is 23.2 Å². The number of nitrogens with one attached hydrogen (secondary N) is 1. The number of carbonyl (C=O) groups excluding carboxylic acids is 1. The minimum Gasteiger partial charge on any atom is -0.389 e. The summed E-state index contributed by atoms with van der Waals surface area (Å²) < 4.78 is 107. The molecule has 0 spiro atoms. The van der Waals surface area contributed by atoms with Crippen LogP contribution in [-0.4, -0.2) is 74.3 Å². The van der Waals surface area contributed by atoms with Crippen molar-refractivity contribution in [2.24, 2.45) is 0 Å². The molecule has 0 radical (unpaired) electrons. The Bertz CT molecular complexity index is 1470. The summed E-state index contributed by atoms with van der Waals surface area (Å²) in [7, 11) is 0. The van der Waals surface area contributed by atoms with E-state index in [0.29, 0.717) is 23.0 Å². The second-order valence-corrected chi connectivity index (χ2v) is 8.67. The van der Waals surface area contributed by atoms with Crippen molar-refractivity contribution >= 4 is 22.8 Å². The van der Waals surface area contributed by atoms with Crippen molar-refractivity contribution < 1.29 is 50.1 Å². The number of hydrogen-bond acceptors (Lipinski definition) is 7. The van der Waals surface area contributed by atoms with Crippen molar-refractivity contribution in [3.8, 4) is 5.82 Å². The van der Waals surface area contributed by atoms with E-state index in [1.54, 1.807) is 0 Å². The highest BCUT2D eigenvalue weighted by atomic mass is 19.4. The molecule has 1 aliphatic heterocycles. The highest BCUT2D eigenvalue weighted by Crippen LogP contribution is 2.31. The molecular weight excluding hydrogens is 550 g/mol. The minimum atomic E-state index is -5.53. The number of anilines is 1. The molecule has 3 aromatic heterocycles. The summed E-state index contributed by atoms with van der Waals surface area (Å²) in [6, 6.07) is -0.755. The minimum absolute atomic E-state index is 0.0493. The first-order chi connectivity index (χ1) is 18.0. The Hall–Kier alpha value is -3.86. The summed E-state index contributed by atoms with van der Waals surface area (Å²) in [5.74, 6) is -5.00. The van der Waals surface area contributed by atoms with E-state index in [1.165, 1.54) is 11.0 Å². The van der Waals surface area contributed by atoms with Crippen LogP contribution in [0.1, 0.15) is 16.8 Å². The molecule has 0 aliphatic carbocycles. The molecule has 39 heavy (non-hydrogen) atoms. The van der Waals surface area contributed by atoms with E-state index in [0.717, 1.165) is 11.4 Å². The largest absolute Gasteiger partial charge is 0.408 e. The lowest BCUT2D eigenvalue weighted by molar-refractivity contribution is -0.199. The first-order valence-corrected chi connectivity index (χ1v) is 11.0. The van der Waals surface area contributed by atoms with Crippen LogP contribution in [0.15, 0.2) is 35.4 Å². The standard InChI is InChI=1S/C22H17F8N5O4/c23-9-3-12(24)19(31-5-9)35-6-11(20(39)32-15(22(28,29)30)4-21(25,26)27)17(38)10-1-2-16(33-18(10)35)34-7-13(36)14(37)8-34/h1-3,5-6,13-15,36-37H,4,7-8H2,(H,32,39)/t13-,14-,15?/m1/s1. The molecule has 0 bridgehead atoms. The molecule has 0 aromatic carbocycles. The van der Waals surface area contributed by atoms with Gasteiger partial charge in [-0.05, 0) is 12.1 Å². The number of pyridine rings is 3. The Morgan fingerprint density at radius 1 is 1.10 bits per heavy atom. The lowest BCUT2D eigenvalue weighted by atomic mass is 10.1. The second-order valence-electron chi connectivity index (χ2n) is 8.67. The van der Waals surface area contributed by atoms with E-state index in [2.05, 4.69) is 9.97 Å². The van der Waals surface area contributed by atoms with E-state index in [9.17, 15) is 54.9 Å². The maximum absolute atomic E-state index is 14.7. The zero-order chi connectivity index (χ0) is 28.9. The molecule has 3 atom stereocenters. The highest BCUT2D eigenvalue weighted by Gasteiger charge is 2.47. The third kappa shape index (κ3) is 5.93.